The summed E-state index contributed by atoms with van der Waals surface area (Å²) in [5.41, 5.74) is -1.53. The van der Waals surface area contributed by atoms with Crippen molar-refractivity contribution in [1.82, 2.24) is 0 Å². The van der Waals surface area contributed by atoms with Gasteiger partial charge < -0.3 is 19.5 Å². The summed E-state index contributed by atoms with van der Waals surface area (Å²) in [6, 6.07) is 2.08. The predicted molar refractivity (Wildman–Crippen MR) is 83.7 cm³/mol. The Labute approximate surface area is 149 Å². The minimum Gasteiger partial charge on any atom is -0.495 e. The first-order chi connectivity index (χ1) is 11.4. The van der Waals surface area contributed by atoms with E-state index in [4.69, 9.17) is 14.2 Å². The van der Waals surface area contributed by atoms with Crippen LogP contribution in [0.3, 0.4) is 0 Å². The Hall–Kier alpha value is -2.23. The molecule has 0 bridgehead atoms. The highest BCUT2D eigenvalue weighted by Crippen LogP contribution is 2.42. The quantitative estimate of drug-likeness (QED) is 0.454. The van der Waals surface area contributed by atoms with E-state index in [1.165, 1.54) is 19.9 Å². The minimum absolute atomic E-state index is 0.0297. The molecule has 0 atom stereocenters. The van der Waals surface area contributed by atoms with Gasteiger partial charge in [-0.05, 0) is 28.1 Å². The Balaban J connectivity index is 2.34. The second-order valence-electron chi connectivity index (χ2n) is 5.42. The molecule has 1 aliphatic heterocycles. The van der Waals surface area contributed by atoms with Gasteiger partial charge >= 0.3 is 18.1 Å². The highest BCUT2D eigenvalue weighted by Gasteiger charge is 2.39. The molecule has 0 unspecified atom stereocenters. The molecule has 0 amide bonds. The molecule has 136 valence electrons. The van der Waals surface area contributed by atoms with E-state index in [2.05, 4.69) is 21.2 Å². The molecule has 1 saturated heterocycles. The second-order valence-corrected chi connectivity index (χ2v) is 6.27. The lowest BCUT2D eigenvalue weighted by atomic mass is 10.1. The smallest absolute Gasteiger partial charge is 0.420 e. The number of benzene rings is 1. The van der Waals surface area contributed by atoms with Crippen molar-refractivity contribution >= 4 is 33.6 Å². The average molecular weight is 424 g/mol. The summed E-state index contributed by atoms with van der Waals surface area (Å²) < 4.78 is 53.9. The SMILES string of the molecule is COc1c(Br)cc(NC=C2C(=O)OC(C)(C)OC2=O)cc1C(F)(F)F. The summed E-state index contributed by atoms with van der Waals surface area (Å²) in [5, 5.41) is 2.46. The number of rotatable bonds is 3. The summed E-state index contributed by atoms with van der Waals surface area (Å²) in [5.74, 6) is -3.68. The van der Waals surface area contributed by atoms with Crippen LogP contribution in [0.5, 0.6) is 5.75 Å². The predicted octanol–water partition coefficient (Wildman–Crippen LogP) is 3.61. The van der Waals surface area contributed by atoms with Crippen LogP contribution < -0.4 is 10.1 Å². The normalized spacial score (nSPS) is 16.8. The van der Waals surface area contributed by atoms with Crippen LogP contribution in [-0.2, 0) is 25.2 Å². The number of cyclic esters (lactones) is 2. The molecule has 1 fully saturated rings. The third kappa shape index (κ3) is 4.25. The Morgan fingerprint density at radius 1 is 1.20 bits per heavy atom. The van der Waals surface area contributed by atoms with Crippen LogP contribution in [0.15, 0.2) is 28.4 Å². The summed E-state index contributed by atoms with van der Waals surface area (Å²) in [6.45, 7) is 2.76. The number of anilines is 1. The van der Waals surface area contributed by atoms with E-state index in [0.29, 0.717) is 0 Å². The summed E-state index contributed by atoms with van der Waals surface area (Å²) in [7, 11) is 1.11. The van der Waals surface area contributed by atoms with E-state index in [0.717, 1.165) is 19.4 Å². The van der Waals surface area contributed by atoms with Crippen LogP contribution >= 0.6 is 15.9 Å². The van der Waals surface area contributed by atoms with Crippen molar-refractivity contribution < 1.29 is 37.0 Å². The largest absolute Gasteiger partial charge is 0.495 e. The lowest BCUT2D eigenvalue weighted by molar-refractivity contribution is -0.222. The van der Waals surface area contributed by atoms with Crippen LogP contribution in [0.2, 0.25) is 0 Å². The number of methoxy groups -OCH3 is 1. The summed E-state index contributed by atoms with van der Waals surface area (Å²) in [4.78, 5) is 23.6. The summed E-state index contributed by atoms with van der Waals surface area (Å²) >= 11 is 2.99. The van der Waals surface area contributed by atoms with Crippen molar-refractivity contribution in [2.75, 3.05) is 12.4 Å². The zero-order valence-corrected chi connectivity index (χ0v) is 14.9. The third-order valence-corrected chi connectivity index (χ3v) is 3.64. The number of hydrogen-bond donors (Lipinski definition) is 1. The third-order valence-electron chi connectivity index (χ3n) is 3.05. The number of halogens is 4. The van der Waals surface area contributed by atoms with Gasteiger partial charge in [-0.3, -0.25) is 0 Å². The van der Waals surface area contributed by atoms with Gasteiger partial charge in [0.05, 0.1) is 11.6 Å². The molecule has 2 rings (SSSR count). The molecule has 6 nitrogen and oxygen atoms in total. The van der Waals surface area contributed by atoms with Gasteiger partial charge in [-0.25, -0.2) is 9.59 Å². The average Bonchev–Trinajstić information content (AvgIpc) is 2.43. The maximum Gasteiger partial charge on any atom is 0.420 e. The Kier molecular flexibility index (Phi) is 5.03. The van der Waals surface area contributed by atoms with Crippen molar-refractivity contribution in [3.8, 4) is 5.75 Å². The van der Waals surface area contributed by atoms with Crippen molar-refractivity contribution in [2.24, 2.45) is 0 Å². The van der Waals surface area contributed by atoms with Gasteiger partial charge in [0.15, 0.2) is 5.57 Å². The molecule has 0 saturated carbocycles. The number of hydrogen-bond acceptors (Lipinski definition) is 6. The van der Waals surface area contributed by atoms with Crippen LogP contribution in [0, 0.1) is 0 Å². The summed E-state index contributed by atoms with van der Waals surface area (Å²) in [6.07, 6.45) is -3.74. The zero-order valence-electron chi connectivity index (χ0n) is 13.3. The van der Waals surface area contributed by atoms with Gasteiger partial charge in [0, 0.05) is 25.7 Å². The Bertz CT molecular complexity index is 736. The topological polar surface area (TPSA) is 73.9 Å². The van der Waals surface area contributed by atoms with Gasteiger partial charge in [-0.15, -0.1) is 0 Å². The number of alkyl halides is 3. The molecule has 1 aromatic rings. The lowest BCUT2D eigenvalue weighted by Gasteiger charge is -2.29. The van der Waals surface area contributed by atoms with E-state index >= 15 is 0 Å². The molecule has 0 aliphatic carbocycles. The van der Waals surface area contributed by atoms with Gasteiger partial charge in [0.1, 0.15) is 11.3 Å². The second kappa shape index (κ2) is 6.58. The first kappa shape index (κ1) is 19.1. The molecule has 1 N–H and O–H groups in total. The number of ether oxygens (including phenoxy) is 3. The molecular formula is C15H13BrF3NO5. The fourth-order valence-electron chi connectivity index (χ4n) is 2.03. The standard InChI is InChI=1S/C15H13BrF3NO5/c1-14(2)24-12(21)8(13(22)25-14)6-20-7-4-9(15(17,18)19)11(23-3)10(16)5-7/h4-6,20H,1-3H3. The molecular weight excluding hydrogens is 411 g/mol. The van der Waals surface area contributed by atoms with Crippen molar-refractivity contribution in [3.05, 3.63) is 33.9 Å². The number of carbonyl (C=O) groups excluding carboxylic acids is 2. The Morgan fingerprint density at radius 2 is 1.76 bits per heavy atom. The van der Waals surface area contributed by atoms with Crippen LogP contribution in [0.1, 0.15) is 19.4 Å². The van der Waals surface area contributed by atoms with Crippen LogP contribution in [-0.4, -0.2) is 24.8 Å². The molecule has 10 heteroatoms. The van der Waals surface area contributed by atoms with E-state index in [-0.39, 0.29) is 15.9 Å². The minimum atomic E-state index is -4.66. The number of carbonyl (C=O) groups is 2. The van der Waals surface area contributed by atoms with Crippen molar-refractivity contribution in [1.29, 1.82) is 0 Å². The maximum absolute atomic E-state index is 13.1. The fourth-order valence-corrected chi connectivity index (χ4v) is 2.65. The molecule has 1 heterocycles. The van der Waals surface area contributed by atoms with Gasteiger partial charge in [-0.1, -0.05) is 0 Å². The van der Waals surface area contributed by atoms with E-state index < -0.39 is 35.0 Å². The van der Waals surface area contributed by atoms with Crippen LogP contribution in [0.4, 0.5) is 18.9 Å². The van der Waals surface area contributed by atoms with Gasteiger partial charge in [-0.2, -0.15) is 13.2 Å². The molecule has 1 aromatic carbocycles. The zero-order chi connectivity index (χ0) is 19.0. The lowest BCUT2D eigenvalue weighted by Crippen LogP contribution is -2.42. The monoisotopic (exact) mass is 423 g/mol. The molecule has 1 aliphatic rings. The first-order valence-corrected chi connectivity index (χ1v) is 7.62. The molecule has 0 spiro atoms. The Morgan fingerprint density at radius 3 is 2.24 bits per heavy atom. The molecule has 25 heavy (non-hydrogen) atoms. The fraction of sp³-hybridized carbons (Fsp3) is 0.333. The van der Waals surface area contributed by atoms with Crippen LogP contribution in [0.25, 0.3) is 0 Å². The van der Waals surface area contributed by atoms with Crippen molar-refractivity contribution in [3.63, 3.8) is 0 Å². The molecule has 0 radical (unpaired) electrons. The first-order valence-electron chi connectivity index (χ1n) is 6.83. The highest BCUT2D eigenvalue weighted by atomic mass is 79.9. The van der Waals surface area contributed by atoms with Gasteiger partial charge in [0.25, 0.3) is 5.79 Å². The number of nitrogens with one attached hydrogen (secondary N) is 1. The van der Waals surface area contributed by atoms with E-state index in [1.54, 1.807) is 0 Å². The van der Waals surface area contributed by atoms with Gasteiger partial charge in [0.2, 0.25) is 0 Å². The highest BCUT2D eigenvalue weighted by molar-refractivity contribution is 9.10. The molecule has 0 aromatic heterocycles. The van der Waals surface area contributed by atoms with E-state index in [9.17, 15) is 22.8 Å². The van der Waals surface area contributed by atoms with E-state index in [1.807, 2.05) is 0 Å². The maximum atomic E-state index is 13.1. The number of esters is 2. The van der Waals surface area contributed by atoms with Crippen molar-refractivity contribution in [2.45, 2.75) is 25.8 Å².